The van der Waals surface area contributed by atoms with E-state index in [4.69, 9.17) is 19.0 Å². The Labute approximate surface area is 157 Å². The molecule has 0 saturated carbocycles. The molecule has 2 aromatic rings. The van der Waals surface area contributed by atoms with Gasteiger partial charge in [-0.25, -0.2) is 4.79 Å². The molecular formula is C20H23NO6. The van der Waals surface area contributed by atoms with Gasteiger partial charge in [0, 0.05) is 12.1 Å². The van der Waals surface area contributed by atoms with E-state index in [-0.39, 0.29) is 37.5 Å². The minimum Gasteiger partial charge on any atom is -0.460 e. The SMILES string of the molecule is CCOC(=O)c1ccc(COC[C@H]2CCC(=O)N2c2ccc(CO)cc2)o1. The van der Waals surface area contributed by atoms with Crippen molar-refractivity contribution in [3.63, 3.8) is 0 Å². The van der Waals surface area contributed by atoms with E-state index in [0.29, 0.717) is 25.2 Å². The van der Waals surface area contributed by atoms with Gasteiger partial charge in [-0.3, -0.25) is 4.79 Å². The number of furan rings is 1. The normalized spacial score (nSPS) is 16.7. The van der Waals surface area contributed by atoms with E-state index >= 15 is 0 Å². The van der Waals surface area contributed by atoms with Crippen molar-refractivity contribution < 1.29 is 28.6 Å². The van der Waals surface area contributed by atoms with Crippen LogP contribution < -0.4 is 4.90 Å². The maximum atomic E-state index is 12.3. The second-order valence-electron chi connectivity index (χ2n) is 6.28. The van der Waals surface area contributed by atoms with Crippen molar-refractivity contribution in [1.29, 1.82) is 0 Å². The second-order valence-corrected chi connectivity index (χ2v) is 6.28. The number of anilines is 1. The second kappa shape index (κ2) is 8.83. The lowest BCUT2D eigenvalue weighted by atomic mass is 10.2. The zero-order chi connectivity index (χ0) is 19.2. The van der Waals surface area contributed by atoms with E-state index in [9.17, 15) is 9.59 Å². The number of hydrogen-bond acceptors (Lipinski definition) is 6. The monoisotopic (exact) mass is 373 g/mol. The molecule has 0 aliphatic carbocycles. The Morgan fingerprint density at radius 1 is 1.26 bits per heavy atom. The molecule has 1 aliphatic rings. The van der Waals surface area contributed by atoms with Crippen LogP contribution in [-0.4, -0.2) is 36.2 Å². The third-order valence-corrected chi connectivity index (χ3v) is 4.42. The van der Waals surface area contributed by atoms with Gasteiger partial charge in [-0.05, 0) is 43.2 Å². The molecule has 7 nitrogen and oxygen atoms in total. The molecule has 1 amide bonds. The number of nitrogens with zero attached hydrogens (tertiary/aromatic N) is 1. The van der Waals surface area contributed by atoms with Crippen molar-refractivity contribution in [2.75, 3.05) is 18.1 Å². The van der Waals surface area contributed by atoms with Crippen LogP contribution >= 0.6 is 0 Å². The van der Waals surface area contributed by atoms with Gasteiger partial charge in [-0.15, -0.1) is 0 Å². The molecule has 7 heteroatoms. The van der Waals surface area contributed by atoms with Gasteiger partial charge in [0.05, 0.1) is 25.9 Å². The number of benzene rings is 1. The van der Waals surface area contributed by atoms with Crippen molar-refractivity contribution in [1.82, 2.24) is 0 Å². The van der Waals surface area contributed by atoms with E-state index < -0.39 is 5.97 Å². The van der Waals surface area contributed by atoms with Crippen LogP contribution in [0, 0.1) is 0 Å². The van der Waals surface area contributed by atoms with Gasteiger partial charge in [-0.2, -0.15) is 0 Å². The zero-order valence-corrected chi connectivity index (χ0v) is 15.2. The van der Waals surface area contributed by atoms with E-state index in [1.165, 1.54) is 0 Å². The fourth-order valence-electron chi connectivity index (χ4n) is 3.08. The highest BCUT2D eigenvalue weighted by Gasteiger charge is 2.32. The molecule has 0 spiro atoms. The smallest absolute Gasteiger partial charge is 0.374 e. The van der Waals surface area contributed by atoms with Gasteiger partial charge < -0.3 is 23.9 Å². The summed E-state index contributed by atoms with van der Waals surface area (Å²) in [7, 11) is 0. The molecule has 1 fully saturated rings. The highest BCUT2D eigenvalue weighted by Crippen LogP contribution is 2.27. The average Bonchev–Trinajstić information content (AvgIpc) is 3.29. The minimum absolute atomic E-state index is 0.0301. The van der Waals surface area contributed by atoms with Crippen molar-refractivity contribution in [2.45, 2.75) is 39.0 Å². The van der Waals surface area contributed by atoms with Gasteiger partial charge >= 0.3 is 5.97 Å². The molecule has 1 aromatic heterocycles. The van der Waals surface area contributed by atoms with Crippen LogP contribution in [0.4, 0.5) is 5.69 Å². The fourth-order valence-corrected chi connectivity index (χ4v) is 3.08. The first-order valence-electron chi connectivity index (χ1n) is 8.97. The lowest BCUT2D eigenvalue weighted by Crippen LogP contribution is -2.36. The van der Waals surface area contributed by atoms with Gasteiger partial charge in [0.15, 0.2) is 0 Å². The first-order valence-corrected chi connectivity index (χ1v) is 8.97. The van der Waals surface area contributed by atoms with Crippen LogP contribution in [0.25, 0.3) is 0 Å². The predicted octanol–water partition coefficient (Wildman–Crippen LogP) is 2.66. The van der Waals surface area contributed by atoms with Crippen LogP contribution in [0.3, 0.4) is 0 Å². The first-order chi connectivity index (χ1) is 13.1. The number of carbonyl (C=O) groups is 2. The summed E-state index contributed by atoms with van der Waals surface area (Å²) in [6, 6.07) is 10.5. The highest BCUT2D eigenvalue weighted by atomic mass is 16.5. The Kier molecular flexibility index (Phi) is 6.26. The lowest BCUT2D eigenvalue weighted by molar-refractivity contribution is -0.117. The van der Waals surface area contributed by atoms with Crippen molar-refractivity contribution >= 4 is 17.6 Å². The quantitative estimate of drug-likeness (QED) is 0.716. The number of amides is 1. The summed E-state index contributed by atoms with van der Waals surface area (Å²) < 4.78 is 16.0. The molecule has 1 saturated heterocycles. The molecule has 27 heavy (non-hydrogen) atoms. The van der Waals surface area contributed by atoms with Gasteiger partial charge in [-0.1, -0.05) is 12.1 Å². The van der Waals surface area contributed by atoms with Crippen LogP contribution in [0.1, 0.15) is 41.6 Å². The van der Waals surface area contributed by atoms with Crippen molar-refractivity contribution in [2.24, 2.45) is 0 Å². The Morgan fingerprint density at radius 2 is 2.04 bits per heavy atom. The molecule has 0 radical (unpaired) electrons. The van der Waals surface area contributed by atoms with Crippen LogP contribution in [0.5, 0.6) is 0 Å². The van der Waals surface area contributed by atoms with Crippen molar-refractivity contribution in [3.8, 4) is 0 Å². The summed E-state index contributed by atoms with van der Waals surface area (Å²) in [5, 5.41) is 9.15. The largest absolute Gasteiger partial charge is 0.460 e. The van der Waals surface area contributed by atoms with Crippen LogP contribution in [0.2, 0.25) is 0 Å². The summed E-state index contributed by atoms with van der Waals surface area (Å²) in [6.07, 6.45) is 1.19. The van der Waals surface area contributed by atoms with Gasteiger partial charge in [0.1, 0.15) is 12.4 Å². The minimum atomic E-state index is -0.498. The molecule has 144 valence electrons. The molecule has 1 atom stereocenters. The summed E-state index contributed by atoms with van der Waals surface area (Å²) >= 11 is 0. The third-order valence-electron chi connectivity index (χ3n) is 4.42. The molecule has 2 heterocycles. The Morgan fingerprint density at radius 3 is 2.74 bits per heavy atom. The Balaban J connectivity index is 1.56. The third kappa shape index (κ3) is 4.56. The number of esters is 1. The van der Waals surface area contributed by atoms with Crippen LogP contribution in [-0.2, 0) is 27.5 Å². The molecule has 1 aromatic carbocycles. The fraction of sp³-hybridized carbons (Fsp3) is 0.400. The van der Waals surface area contributed by atoms with E-state index in [1.807, 2.05) is 12.1 Å². The standard InChI is InChI=1S/C20H23NO6/c1-2-26-20(24)18-9-8-17(27-18)13-25-12-16-7-10-19(23)21(16)15-5-3-14(11-22)4-6-15/h3-6,8-9,16,22H,2,7,10-13H2,1H3/t16-/m1/s1. The molecular weight excluding hydrogens is 350 g/mol. The van der Waals surface area contributed by atoms with E-state index in [1.54, 1.807) is 36.1 Å². The van der Waals surface area contributed by atoms with E-state index in [0.717, 1.165) is 11.3 Å². The number of ether oxygens (including phenoxy) is 2. The average molecular weight is 373 g/mol. The summed E-state index contributed by atoms with van der Waals surface area (Å²) in [4.78, 5) is 25.6. The topological polar surface area (TPSA) is 89.2 Å². The molecule has 0 unspecified atom stereocenters. The van der Waals surface area contributed by atoms with Crippen LogP contribution in [0.15, 0.2) is 40.8 Å². The molecule has 0 bridgehead atoms. The summed E-state index contributed by atoms with van der Waals surface area (Å²) in [6.45, 7) is 2.56. The number of rotatable bonds is 8. The molecule has 1 aliphatic heterocycles. The maximum Gasteiger partial charge on any atom is 0.374 e. The van der Waals surface area contributed by atoms with Crippen molar-refractivity contribution in [3.05, 3.63) is 53.5 Å². The maximum absolute atomic E-state index is 12.3. The summed E-state index contributed by atoms with van der Waals surface area (Å²) in [5.74, 6) is 0.240. The number of aliphatic hydroxyl groups is 1. The summed E-state index contributed by atoms with van der Waals surface area (Å²) in [5.41, 5.74) is 1.60. The van der Waals surface area contributed by atoms with E-state index in [2.05, 4.69) is 0 Å². The number of aliphatic hydroxyl groups excluding tert-OH is 1. The number of hydrogen-bond donors (Lipinski definition) is 1. The Bertz CT molecular complexity index is 782. The van der Waals surface area contributed by atoms with Gasteiger partial charge in [0.2, 0.25) is 11.7 Å². The number of carbonyl (C=O) groups excluding carboxylic acids is 2. The van der Waals surface area contributed by atoms with Gasteiger partial charge in [0.25, 0.3) is 0 Å². The molecule has 3 rings (SSSR count). The Hall–Kier alpha value is -2.64. The molecule has 1 N–H and O–H groups in total. The zero-order valence-electron chi connectivity index (χ0n) is 15.2. The lowest BCUT2D eigenvalue weighted by Gasteiger charge is -2.25. The predicted molar refractivity (Wildman–Crippen MR) is 97.2 cm³/mol. The highest BCUT2D eigenvalue weighted by molar-refractivity contribution is 5.96. The first kappa shape index (κ1) is 19.1.